The molecule has 0 spiro atoms. The molecule has 2 rings (SSSR count). The summed E-state index contributed by atoms with van der Waals surface area (Å²) >= 11 is 0. The fourth-order valence-electron chi connectivity index (χ4n) is 2.68. The summed E-state index contributed by atoms with van der Waals surface area (Å²) in [6, 6.07) is 7.44. The molecule has 0 aliphatic rings. The largest absolute Gasteiger partial charge is 0.493 e. The maximum absolute atomic E-state index is 12.0. The summed E-state index contributed by atoms with van der Waals surface area (Å²) < 4.78 is 21.5. The van der Waals surface area contributed by atoms with Crippen LogP contribution in [0.4, 0.5) is 0 Å². The Balaban J connectivity index is 2.00. The molecule has 0 bridgehead atoms. The molecule has 2 aromatic carbocycles. The maximum Gasteiger partial charge on any atom is 0.277 e. The second-order valence-corrected chi connectivity index (χ2v) is 6.25. The molecule has 0 aliphatic heterocycles. The van der Waals surface area contributed by atoms with Crippen molar-refractivity contribution in [1.29, 1.82) is 0 Å². The van der Waals surface area contributed by atoms with Crippen LogP contribution in [0, 0.1) is 20.8 Å². The number of nitrogens with one attached hydrogen (secondary N) is 1. The Kier molecular flexibility index (Phi) is 7.26. The van der Waals surface area contributed by atoms with E-state index in [-0.39, 0.29) is 12.5 Å². The van der Waals surface area contributed by atoms with E-state index in [2.05, 4.69) is 16.6 Å². The number of hydrogen-bond acceptors (Lipinski definition) is 6. The van der Waals surface area contributed by atoms with E-state index in [0.717, 1.165) is 16.7 Å². The van der Waals surface area contributed by atoms with E-state index in [4.69, 9.17) is 18.9 Å². The Bertz CT molecular complexity index is 852. The minimum atomic E-state index is -0.359. The van der Waals surface area contributed by atoms with Gasteiger partial charge in [0.15, 0.2) is 18.1 Å². The summed E-state index contributed by atoms with van der Waals surface area (Å²) in [4.78, 5) is 12.0. The molecule has 150 valence electrons. The quantitative estimate of drug-likeness (QED) is 0.557. The molecule has 0 unspecified atom stereocenters. The highest BCUT2D eigenvalue weighted by atomic mass is 16.5. The van der Waals surface area contributed by atoms with Crippen LogP contribution in [0.5, 0.6) is 23.0 Å². The van der Waals surface area contributed by atoms with Crippen molar-refractivity contribution in [3.05, 3.63) is 46.5 Å². The minimum Gasteiger partial charge on any atom is -0.493 e. The van der Waals surface area contributed by atoms with E-state index < -0.39 is 0 Å². The van der Waals surface area contributed by atoms with E-state index >= 15 is 0 Å². The number of nitrogens with zero attached hydrogens (tertiary/aromatic N) is 1. The maximum atomic E-state index is 12.0. The minimum absolute atomic E-state index is 0.129. The van der Waals surface area contributed by atoms with E-state index in [1.807, 2.05) is 26.8 Å². The van der Waals surface area contributed by atoms with Gasteiger partial charge in [-0.05, 0) is 55.7 Å². The van der Waals surface area contributed by atoms with E-state index in [0.29, 0.717) is 28.6 Å². The highest BCUT2D eigenvalue weighted by molar-refractivity contribution is 5.84. The molecule has 0 saturated heterocycles. The van der Waals surface area contributed by atoms with Gasteiger partial charge in [0.25, 0.3) is 5.91 Å². The third kappa shape index (κ3) is 5.16. The Morgan fingerprint density at radius 2 is 1.61 bits per heavy atom. The van der Waals surface area contributed by atoms with Crippen molar-refractivity contribution >= 4 is 12.1 Å². The zero-order valence-corrected chi connectivity index (χ0v) is 17.1. The molecular weight excluding hydrogens is 360 g/mol. The molecule has 7 nitrogen and oxygen atoms in total. The van der Waals surface area contributed by atoms with Gasteiger partial charge in [0.05, 0.1) is 27.5 Å². The topological polar surface area (TPSA) is 78.4 Å². The molecule has 0 fully saturated rings. The predicted molar refractivity (Wildman–Crippen MR) is 108 cm³/mol. The van der Waals surface area contributed by atoms with Gasteiger partial charge in [-0.3, -0.25) is 4.79 Å². The Hall–Kier alpha value is -3.22. The fraction of sp³-hybridized carbons (Fsp3) is 0.333. The third-order valence-corrected chi connectivity index (χ3v) is 4.21. The summed E-state index contributed by atoms with van der Waals surface area (Å²) in [6.45, 7) is 5.83. The van der Waals surface area contributed by atoms with Crippen molar-refractivity contribution < 1.29 is 23.7 Å². The van der Waals surface area contributed by atoms with Crippen LogP contribution in [0.15, 0.2) is 29.4 Å². The first kappa shape index (κ1) is 21.1. The van der Waals surface area contributed by atoms with Crippen molar-refractivity contribution in [3.63, 3.8) is 0 Å². The number of methoxy groups -OCH3 is 3. The monoisotopic (exact) mass is 386 g/mol. The van der Waals surface area contributed by atoms with Crippen LogP contribution >= 0.6 is 0 Å². The number of amides is 1. The van der Waals surface area contributed by atoms with Crippen LogP contribution in [-0.4, -0.2) is 40.1 Å². The molecule has 7 heteroatoms. The number of hydrogen-bond donors (Lipinski definition) is 1. The van der Waals surface area contributed by atoms with E-state index in [1.165, 1.54) is 27.5 Å². The van der Waals surface area contributed by atoms with Crippen molar-refractivity contribution in [3.8, 4) is 23.0 Å². The lowest BCUT2D eigenvalue weighted by Gasteiger charge is -2.12. The van der Waals surface area contributed by atoms with Gasteiger partial charge in [-0.25, -0.2) is 5.43 Å². The first-order valence-corrected chi connectivity index (χ1v) is 8.72. The molecule has 0 radical (unpaired) electrons. The van der Waals surface area contributed by atoms with Crippen molar-refractivity contribution in [2.45, 2.75) is 20.8 Å². The molecule has 0 aromatic heterocycles. The Labute approximate surface area is 165 Å². The smallest absolute Gasteiger partial charge is 0.277 e. The van der Waals surface area contributed by atoms with Crippen LogP contribution in [0.25, 0.3) is 0 Å². The van der Waals surface area contributed by atoms with Crippen LogP contribution < -0.4 is 24.4 Å². The Morgan fingerprint density at radius 3 is 2.18 bits per heavy atom. The van der Waals surface area contributed by atoms with Gasteiger partial charge in [-0.2, -0.15) is 5.10 Å². The van der Waals surface area contributed by atoms with Crippen molar-refractivity contribution in [2.75, 3.05) is 27.9 Å². The number of ether oxygens (including phenoxy) is 4. The summed E-state index contributed by atoms with van der Waals surface area (Å²) in [6.07, 6.45) is 1.49. The molecule has 2 aromatic rings. The second-order valence-electron chi connectivity index (χ2n) is 6.25. The number of benzene rings is 2. The van der Waals surface area contributed by atoms with Gasteiger partial charge in [0, 0.05) is 5.56 Å². The number of aryl methyl sites for hydroxylation is 2. The molecule has 28 heavy (non-hydrogen) atoms. The fourth-order valence-corrected chi connectivity index (χ4v) is 2.68. The van der Waals surface area contributed by atoms with Crippen LogP contribution in [0.2, 0.25) is 0 Å². The van der Waals surface area contributed by atoms with Gasteiger partial charge >= 0.3 is 0 Å². The SMILES string of the molecule is COc1cc(/C=N/NC(=O)COc2cc(C)cc(C)c2C)cc(OC)c1OC. The summed E-state index contributed by atoms with van der Waals surface area (Å²) in [5, 5.41) is 3.96. The van der Waals surface area contributed by atoms with Gasteiger partial charge < -0.3 is 18.9 Å². The lowest BCUT2D eigenvalue weighted by molar-refractivity contribution is -0.123. The number of carbonyl (C=O) groups is 1. The van der Waals surface area contributed by atoms with Gasteiger partial charge in [-0.1, -0.05) is 6.07 Å². The number of carbonyl (C=O) groups excluding carboxylic acids is 1. The molecule has 0 heterocycles. The van der Waals surface area contributed by atoms with E-state index in [9.17, 15) is 4.79 Å². The summed E-state index contributed by atoms with van der Waals surface area (Å²) in [5.74, 6) is 1.83. The molecule has 0 atom stereocenters. The highest BCUT2D eigenvalue weighted by Crippen LogP contribution is 2.37. The average molecular weight is 386 g/mol. The van der Waals surface area contributed by atoms with E-state index in [1.54, 1.807) is 12.1 Å². The lowest BCUT2D eigenvalue weighted by Crippen LogP contribution is -2.24. The number of rotatable bonds is 8. The average Bonchev–Trinajstić information content (AvgIpc) is 2.68. The van der Waals surface area contributed by atoms with Crippen molar-refractivity contribution in [2.24, 2.45) is 5.10 Å². The molecule has 1 N–H and O–H groups in total. The molecular formula is C21H26N2O5. The van der Waals surface area contributed by atoms with Crippen LogP contribution in [0.1, 0.15) is 22.3 Å². The first-order chi connectivity index (χ1) is 13.4. The predicted octanol–water partition coefficient (Wildman–Crippen LogP) is 3.17. The summed E-state index contributed by atoms with van der Waals surface area (Å²) in [7, 11) is 4.60. The van der Waals surface area contributed by atoms with Crippen LogP contribution in [-0.2, 0) is 4.79 Å². The zero-order chi connectivity index (χ0) is 20.7. The molecule has 0 saturated carbocycles. The van der Waals surface area contributed by atoms with Gasteiger partial charge in [-0.15, -0.1) is 0 Å². The Morgan fingerprint density at radius 1 is 0.964 bits per heavy atom. The van der Waals surface area contributed by atoms with Gasteiger partial charge in [0.1, 0.15) is 5.75 Å². The normalized spacial score (nSPS) is 10.6. The van der Waals surface area contributed by atoms with Gasteiger partial charge in [0.2, 0.25) is 5.75 Å². The summed E-state index contributed by atoms with van der Waals surface area (Å²) in [5.41, 5.74) is 6.34. The zero-order valence-electron chi connectivity index (χ0n) is 17.1. The standard InChI is InChI=1S/C21H26N2O5/c1-13-7-14(2)15(3)17(8-13)28-12-20(24)23-22-11-16-9-18(25-4)21(27-6)19(10-16)26-5/h7-11H,12H2,1-6H3,(H,23,24)/b22-11+. The molecule has 1 amide bonds. The third-order valence-electron chi connectivity index (χ3n) is 4.21. The van der Waals surface area contributed by atoms with Crippen molar-refractivity contribution in [1.82, 2.24) is 5.43 Å². The lowest BCUT2D eigenvalue weighted by atomic mass is 10.1. The highest BCUT2D eigenvalue weighted by Gasteiger charge is 2.12. The second kappa shape index (κ2) is 9.64. The van der Waals surface area contributed by atoms with Crippen LogP contribution in [0.3, 0.4) is 0 Å². The number of hydrazone groups is 1. The molecule has 0 aliphatic carbocycles. The first-order valence-electron chi connectivity index (χ1n) is 8.72.